The van der Waals surface area contributed by atoms with Crippen LogP contribution in [-0.2, 0) is 14.2 Å². The van der Waals surface area contributed by atoms with E-state index in [1.165, 1.54) is 0 Å². The Kier molecular flexibility index (Phi) is 1.51. The SMILES string of the molecule is CO[C@H]1C[C@]2(C)O[C@]3(C)[C@H](O[C@@H]13)[C@H]2O. The van der Waals surface area contributed by atoms with E-state index in [9.17, 15) is 5.11 Å². The highest BCUT2D eigenvalue weighted by molar-refractivity contribution is 5.22. The molecule has 4 nitrogen and oxygen atoms in total. The minimum absolute atomic E-state index is 0.0114. The van der Waals surface area contributed by atoms with Crippen LogP contribution in [-0.4, -0.2) is 47.8 Å². The Labute approximate surface area is 83.1 Å². The minimum atomic E-state index is -0.524. The summed E-state index contributed by atoms with van der Waals surface area (Å²) >= 11 is 0. The summed E-state index contributed by atoms with van der Waals surface area (Å²) < 4.78 is 16.9. The highest BCUT2D eigenvalue weighted by Gasteiger charge is 2.74. The Bertz CT molecular complexity index is 273. The van der Waals surface area contributed by atoms with E-state index in [4.69, 9.17) is 14.2 Å². The van der Waals surface area contributed by atoms with E-state index >= 15 is 0 Å². The van der Waals surface area contributed by atoms with Crippen LogP contribution in [0, 0.1) is 0 Å². The molecule has 2 bridgehead atoms. The Hall–Kier alpha value is -0.160. The third-order valence-corrected chi connectivity index (χ3v) is 4.04. The van der Waals surface area contributed by atoms with Crippen LogP contribution in [0.3, 0.4) is 0 Å². The number of hydrogen-bond acceptors (Lipinski definition) is 4. The monoisotopic (exact) mass is 200 g/mol. The maximum absolute atomic E-state index is 10.0. The van der Waals surface area contributed by atoms with Crippen LogP contribution in [0.15, 0.2) is 0 Å². The third kappa shape index (κ3) is 0.758. The van der Waals surface area contributed by atoms with Gasteiger partial charge in [-0.1, -0.05) is 0 Å². The van der Waals surface area contributed by atoms with Gasteiger partial charge in [0, 0.05) is 13.5 Å². The van der Waals surface area contributed by atoms with Gasteiger partial charge in [-0.25, -0.2) is 0 Å². The van der Waals surface area contributed by atoms with Gasteiger partial charge < -0.3 is 19.3 Å². The summed E-state index contributed by atoms with van der Waals surface area (Å²) in [6, 6.07) is 0. The molecule has 80 valence electrons. The topological polar surface area (TPSA) is 47.9 Å². The lowest BCUT2D eigenvalue weighted by atomic mass is 9.83. The van der Waals surface area contributed by atoms with Gasteiger partial charge in [-0.05, 0) is 13.8 Å². The molecule has 0 aliphatic carbocycles. The van der Waals surface area contributed by atoms with Crippen molar-refractivity contribution < 1.29 is 19.3 Å². The molecule has 3 rings (SSSR count). The van der Waals surface area contributed by atoms with Crippen LogP contribution in [0.5, 0.6) is 0 Å². The van der Waals surface area contributed by atoms with Crippen LogP contribution in [0.2, 0.25) is 0 Å². The van der Waals surface area contributed by atoms with Crippen molar-refractivity contribution in [1.82, 2.24) is 0 Å². The number of hydrogen-bond donors (Lipinski definition) is 1. The van der Waals surface area contributed by atoms with Gasteiger partial charge in [0.15, 0.2) is 0 Å². The van der Waals surface area contributed by atoms with Crippen LogP contribution >= 0.6 is 0 Å². The summed E-state index contributed by atoms with van der Waals surface area (Å²) in [7, 11) is 1.69. The van der Waals surface area contributed by atoms with E-state index in [1.54, 1.807) is 7.11 Å². The van der Waals surface area contributed by atoms with Crippen molar-refractivity contribution in [2.24, 2.45) is 0 Å². The van der Waals surface area contributed by atoms with Crippen LogP contribution in [0.1, 0.15) is 20.3 Å². The van der Waals surface area contributed by atoms with E-state index in [1.807, 2.05) is 13.8 Å². The van der Waals surface area contributed by atoms with Gasteiger partial charge in [0.25, 0.3) is 0 Å². The molecule has 3 saturated heterocycles. The summed E-state index contributed by atoms with van der Waals surface area (Å²) in [4.78, 5) is 0. The Morgan fingerprint density at radius 1 is 1.36 bits per heavy atom. The molecule has 3 aliphatic heterocycles. The number of aliphatic hydroxyl groups excluding tert-OH is 1. The molecule has 3 heterocycles. The molecule has 0 unspecified atom stereocenters. The average Bonchev–Trinajstić information content (AvgIpc) is 2.25. The van der Waals surface area contributed by atoms with Gasteiger partial charge in [-0.15, -0.1) is 0 Å². The first-order valence-corrected chi connectivity index (χ1v) is 5.08. The quantitative estimate of drug-likeness (QED) is 0.651. The molecule has 0 radical (unpaired) electrons. The van der Waals surface area contributed by atoms with Gasteiger partial charge in [0.1, 0.15) is 23.9 Å². The number of rotatable bonds is 1. The Morgan fingerprint density at radius 3 is 2.71 bits per heavy atom. The van der Waals surface area contributed by atoms with Gasteiger partial charge in [-0.2, -0.15) is 0 Å². The molecule has 0 spiro atoms. The minimum Gasteiger partial charge on any atom is -0.387 e. The fourth-order valence-corrected chi connectivity index (χ4v) is 3.24. The van der Waals surface area contributed by atoms with E-state index in [0.29, 0.717) is 6.42 Å². The first kappa shape index (κ1) is 9.09. The molecule has 0 aromatic rings. The highest BCUT2D eigenvalue weighted by atomic mass is 16.7. The molecule has 3 aliphatic rings. The Balaban J connectivity index is 2.01. The van der Waals surface area contributed by atoms with Crippen molar-refractivity contribution in [3.05, 3.63) is 0 Å². The predicted octanol–water partition coefficient (Wildman–Crippen LogP) is 0.0810. The molecule has 6 atom stereocenters. The lowest BCUT2D eigenvalue weighted by molar-refractivity contribution is -0.327. The highest BCUT2D eigenvalue weighted by Crippen LogP contribution is 2.57. The second-order valence-electron chi connectivity index (χ2n) is 5.00. The number of methoxy groups -OCH3 is 1. The summed E-state index contributed by atoms with van der Waals surface area (Å²) in [6.45, 7) is 3.94. The van der Waals surface area contributed by atoms with Gasteiger partial charge in [0.05, 0.1) is 11.7 Å². The van der Waals surface area contributed by atoms with Crippen molar-refractivity contribution in [3.8, 4) is 0 Å². The van der Waals surface area contributed by atoms with Gasteiger partial charge in [-0.3, -0.25) is 0 Å². The first-order valence-electron chi connectivity index (χ1n) is 5.08. The van der Waals surface area contributed by atoms with Crippen LogP contribution < -0.4 is 0 Å². The summed E-state index contributed by atoms with van der Waals surface area (Å²) in [5.41, 5.74) is -0.833. The van der Waals surface area contributed by atoms with Gasteiger partial charge in [0.2, 0.25) is 0 Å². The lowest BCUT2D eigenvalue weighted by Crippen LogP contribution is -2.68. The zero-order valence-electron chi connectivity index (χ0n) is 8.69. The van der Waals surface area contributed by atoms with E-state index in [2.05, 4.69) is 0 Å². The molecular formula is C10H16O4. The first-order chi connectivity index (χ1) is 6.51. The van der Waals surface area contributed by atoms with Crippen LogP contribution in [0.4, 0.5) is 0 Å². The second-order valence-corrected chi connectivity index (χ2v) is 5.00. The molecule has 4 heteroatoms. The fraction of sp³-hybridized carbons (Fsp3) is 1.00. The lowest BCUT2D eigenvalue weighted by Gasteiger charge is -2.53. The molecule has 0 saturated carbocycles. The number of ether oxygens (including phenoxy) is 3. The summed E-state index contributed by atoms with van der Waals surface area (Å²) in [6.07, 6.45) is 0.0537. The zero-order valence-corrected chi connectivity index (χ0v) is 8.69. The van der Waals surface area contributed by atoms with Crippen molar-refractivity contribution in [2.45, 2.75) is 55.9 Å². The van der Waals surface area contributed by atoms with Crippen LogP contribution in [0.25, 0.3) is 0 Å². The molecule has 14 heavy (non-hydrogen) atoms. The second kappa shape index (κ2) is 2.32. The molecule has 0 aromatic carbocycles. The maximum Gasteiger partial charge on any atom is 0.124 e. The molecule has 1 N–H and O–H groups in total. The standard InChI is InChI=1S/C10H16O4/c1-9-4-5(12-3)7-10(2,14-9)8(13-7)6(9)11/h5-8,11H,4H2,1-3H3/t5-,6+,7-,8+,9-,10-/m0/s1. The summed E-state index contributed by atoms with van der Waals surface area (Å²) in [5.74, 6) is 0. The van der Waals surface area contributed by atoms with E-state index in [0.717, 1.165) is 0 Å². The smallest absolute Gasteiger partial charge is 0.124 e. The maximum atomic E-state index is 10.0. The molecule has 3 fully saturated rings. The number of aliphatic hydroxyl groups is 1. The largest absolute Gasteiger partial charge is 0.387 e. The average molecular weight is 200 g/mol. The fourth-order valence-electron chi connectivity index (χ4n) is 3.24. The van der Waals surface area contributed by atoms with Crippen molar-refractivity contribution in [3.63, 3.8) is 0 Å². The normalized spacial score (nSPS) is 65.1. The molecule has 0 amide bonds. The van der Waals surface area contributed by atoms with Crippen molar-refractivity contribution in [1.29, 1.82) is 0 Å². The van der Waals surface area contributed by atoms with Gasteiger partial charge >= 0.3 is 0 Å². The predicted molar refractivity (Wildman–Crippen MR) is 48.0 cm³/mol. The Morgan fingerprint density at radius 2 is 2.07 bits per heavy atom. The van der Waals surface area contributed by atoms with Crippen molar-refractivity contribution in [2.75, 3.05) is 7.11 Å². The van der Waals surface area contributed by atoms with E-state index < -0.39 is 11.7 Å². The van der Waals surface area contributed by atoms with Crippen molar-refractivity contribution >= 4 is 0 Å². The number of fused-ring (bicyclic) bond motifs is 1. The molecular weight excluding hydrogens is 184 g/mol. The summed E-state index contributed by atoms with van der Waals surface area (Å²) in [5, 5.41) is 10.0. The third-order valence-electron chi connectivity index (χ3n) is 4.04. The zero-order chi connectivity index (χ0) is 10.1. The van der Waals surface area contributed by atoms with E-state index in [-0.39, 0.29) is 23.9 Å². The molecule has 0 aromatic heterocycles.